The van der Waals surface area contributed by atoms with Crippen LogP contribution in [0.1, 0.15) is 25.0 Å². The molecule has 41 heavy (non-hydrogen) atoms. The van der Waals surface area contributed by atoms with E-state index in [1.807, 2.05) is 68.6 Å². The summed E-state index contributed by atoms with van der Waals surface area (Å²) in [5.74, 6) is -0.0945. The fourth-order valence-electron chi connectivity index (χ4n) is 4.63. The van der Waals surface area contributed by atoms with Crippen LogP contribution in [0, 0.1) is 0 Å². The summed E-state index contributed by atoms with van der Waals surface area (Å²) in [5, 5.41) is 7.48. The third kappa shape index (κ3) is 6.13. The third-order valence-corrected chi connectivity index (χ3v) is 8.89. The molecular formula is C31H31N5O3S2. The molecule has 0 saturated carbocycles. The maximum atomic E-state index is 14.1. The van der Waals surface area contributed by atoms with E-state index in [-0.39, 0.29) is 5.91 Å². The molecule has 1 fully saturated rings. The van der Waals surface area contributed by atoms with Crippen LogP contribution in [0.2, 0.25) is 0 Å². The number of nitrogens with one attached hydrogen (secondary N) is 2. The van der Waals surface area contributed by atoms with Crippen molar-refractivity contribution in [1.82, 2.24) is 9.80 Å². The molecule has 3 aromatic rings. The van der Waals surface area contributed by atoms with Gasteiger partial charge in [0.15, 0.2) is 5.17 Å². The second kappa shape index (κ2) is 12.6. The normalized spacial score (nSPS) is 18.0. The number of methoxy groups -OCH3 is 1. The minimum Gasteiger partial charge on any atom is -0.453 e. The lowest BCUT2D eigenvalue weighted by molar-refractivity contribution is -0.122. The molecule has 0 aromatic heterocycles. The highest BCUT2D eigenvalue weighted by molar-refractivity contribution is 8.19. The minimum absolute atomic E-state index is 0.0945. The van der Waals surface area contributed by atoms with Crippen LogP contribution < -0.4 is 10.6 Å². The second-order valence-corrected chi connectivity index (χ2v) is 11.5. The van der Waals surface area contributed by atoms with Gasteiger partial charge >= 0.3 is 6.09 Å². The average Bonchev–Trinajstić information content (AvgIpc) is 3.45. The number of thioether (sulfide) groups is 2. The molecule has 0 atom stereocenters. The Labute approximate surface area is 248 Å². The van der Waals surface area contributed by atoms with E-state index in [1.165, 1.54) is 18.9 Å². The lowest BCUT2D eigenvalue weighted by atomic mass is 10.1. The van der Waals surface area contributed by atoms with Crippen molar-refractivity contribution in [3.63, 3.8) is 0 Å². The van der Waals surface area contributed by atoms with Gasteiger partial charge in [-0.2, -0.15) is 0 Å². The van der Waals surface area contributed by atoms with Crippen molar-refractivity contribution in [3.8, 4) is 0 Å². The Kier molecular flexibility index (Phi) is 8.70. The Balaban J connectivity index is 1.57. The quantitative estimate of drug-likeness (QED) is 0.282. The number of hydrogen-bond donors (Lipinski definition) is 2. The van der Waals surface area contributed by atoms with Crippen LogP contribution in [0.25, 0.3) is 5.70 Å². The summed E-state index contributed by atoms with van der Waals surface area (Å²) in [7, 11) is 3.32. The molecule has 5 rings (SSSR count). The maximum absolute atomic E-state index is 14.1. The van der Waals surface area contributed by atoms with Gasteiger partial charge in [-0.25, -0.2) is 9.79 Å². The number of rotatable bonds is 7. The summed E-state index contributed by atoms with van der Waals surface area (Å²) in [4.78, 5) is 36.5. The largest absolute Gasteiger partial charge is 0.453 e. The smallest absolute Gasteiger partial charge is 0.411 e. The van der Waals surface area contributed by atoms with Gasteiger partial charge in [0.2, 0.25) is 0 Å². The number of amides is 2. The second-order valence-electron chi connectivity index (χ2n) is 9.32. The summed E-state index contributed by atoms with van der Waals surface area (Å²) in [5.41, 5.74) is 5.13. The Morgan fingerprint density at radius 1 is 1.00 bits per heavy atom. The van der Waals surface area contributed by atoms with Crippen LogP contribution in [0.4, 0.5) is 21.9 Å². The molecule has 2 heterocycles. The van der Waals surface area contributed by atoms with Gasteiger partial charge in [-0.1, -0.05) is 72.4 Å². The van der Waals surface area contributed by atoms with E-state index < -0.39 is 6.09 Å². The molecule has 2 aliphatic heterocycles. The van der Waals surface area contributed by atoms with Gasteiger partial charge in [-0.3, -0.25) is 15.0 Å². The molecule has 0 bridgehead atoms. The summed E-state index contributed by atoms with van der Waals surface area (Å²) >= 11 is 2.97. The van der Waals surface area contributed by atoms with Crippen molar-refractivity contribution < 1.29 is 14.3 Å². The van der Waals surface area contributed by atoms with Crippen molar-refractivity contribution in [2.75, 3.05) is 31.3 Å². The highest BCUT2D eigenvalue weighted by Crippen LogP contribution is 2.50. The number of nitrogens with zero attached hydrogens (tertiary/aromatic N) is 3. The van der Waals surface area contributed by atoms with Gasteiger partial charge in [0.1, 0.15) is 4.91 Å². The van der Waals surface area contributed by atoms with Gasteiger partial charge < -0.3 is 15.0 Å². The van der Waals surface area contributed by atoms with Crippen LogP contribution in [0.3, 0.4) is 0 Å². The van der Waals surface area contributed by atoms with Crippen LogP contribution in [0.15, 0.2) is 98.7 Å². The molecule has 0 aliphatic carbocycles. The monoisotopic (exact) mass is 585 g/mol. The average molecular weight is 586 g/mol. The number of hydrogen-bond acceptors (Lipinski definition) is 8. The first kappa shape index (κ1) is 28.4. The van der Waals surface area contributed by atoms with Crippen molar-refractivity contribution in [3.05, 3.63) is 105 Å². The summed E-state index contributed by atoms with van der Waals surface area (Å²) in [6.07, 6.45) is -0.568. The van der Waals surface area contributed by atoms with Crippen molar-refractivity contribution in [2.45, 2.75) is 20.4 Å². The van der Waals surface area contributed by atoms with E-state index >= 15 is 0 Å². The Morgan fingerprint density at radius 3 is 2.39 bits per heavy atom. The molecule has 1 saturated heterocycles. The van der Waals surface area contributed by atoms with E-state index in [0.717, 1.165) is 32.4 Å². The molecule has 0 unspecified atom stereocenters. The predicted octanol–water partition coefficient (Wildman–Crippen LogP) is 7.30. The Hall–Kier alpha value is -4.15. The number of benzene rings is 3. The van der Waals surface area contributed by atoms with Crippen LogP contribution >= 0.6 is 23.5 Å². The topological polar surface area (TPSA) is 86.3 Å². The molecule has 3 aromatic carbocycles. The van der Waals surface area contributed by atoms with Gasteiger partial charge in [-0.05, 0) is 54.9 Å². The lowest BCUT2D eigenvalue weighted by Gasteiger charge is -2.19. The van der Waals surface area contributed by atoms with Crippen LogP contribution in [0.5, 0.6) is 0 Å². The van der Waals surface area contributed by atoms with Gasteiger partial charge in [0.25, 0.3) is 5.91 Å². The number of carbonyl (C=O) groups excluding carboxylic acids is 2. The van der Waals surface area contributed by atoms with Gasteiger partial charge in [0.05, 0.1) is 35.8 Å². The fraction of sp³-hybridized carbons (Fsp3) is 0.194. The highest BCUT2D eigenvalue weighted by Gasteiger charge is 2.39. The molecule has 8 nitrogen and oxygen atoms in total. The van der Waals surface area contributed by atoms with E-state index in [4.69, 9.17) is 9.73 Å². The van der Waals surface area contributed by atoms with E-state index in [0.29, 0.717) is 34.5 Å². The SMILES string of the molecule is CCNc1ccc(NC(=O)OC)cc1N=C1SC(=C2SC(C)=C(c3ccccc3)N2C)C(=O)N1Cc1ccccc1. The summed E-state index contributed by atoms with van der Waals surface area (Å²) in [6.45, 7) is 5.15. The molecule has 2 amide bonds. The standard InChI is InChI=1S/C31H31N5O3S2/c1-5-32-24-17-16-23(33-31(38)39-4)18-25(24)34-30-36(19-21-12-8-6-9-13-21)28(37)27(41-30)29-35(3)26(20(2)40-29)22-14-10-7-11-15-22/h6-18,32H,5,19H2,1-4H3,(H,33,38). The first-order valence-corrected chi connectivity index (χ1v) is 14.8. The number of amidine groups is 1. The van der Waals surface area contributed by atoms with E-state index in [2.05, 4.69) is 34.6 Å². The zero-order valence-corrected chi connectivity index (χ0v) is 24.9. The maximum Gasteiger partial charge on any atom is 0.411 e. The number of aliphatic imine (C=N–C) groups is 1. The van der Waals surface area contributed by atoms with Crippen molar-refractivity contribution in [1.29, 1.82) is 0 Å². The highest BCUT2D eigenvalue weighted by atomic mass is 32.2. The van der Waals surface area contributed by atoms with Gasteiger partial charge in [-0.15, -0.1) is 0 Å². The molecule has 2 N–H and O–H groups in total. The van der Waals surface area contributed by atoms with Crippen molar-refractivity contribution in [2.24, 2.45) is 4.99 Å². The molecule has 210 valence electrons. The Morgan fingerprint density at radius 2 is 1.71 bits per heavy atom. The first-order valence-electron chi connectivity index (χ1n) is 13.2. The number of allylic oxidation sites excluding steroid dienone is 1. The predicted molar refractivity (Wildman–Crippen MR) is 170 cm³/mol. The zero-order chi connectivity index (χ0) is 28.9. The number of carbonyl (C=O) groups is 2. The molecule has 2 aliphatic rings. The number of ether oxygens (including phenoxy) is 1. The van der Waals surface area contributed by atoms with E-state index in [1.54, 1.807) is 28.8 Å². The third-order valence-electron chi connectivity index (χ3n) is 6.52. The summed E-state index contributed by atoms with van der Waals surface area (Å²) < 4.78 is 4.76. The van der Waals surface area contributed by atoms with E-state index in [9.17, 15) is 9.59 Å². The lowest BCUT2D eigenvalue weighted by Crippen LogP contribution is -2.29. The zero-order valence-electron chi connectivity index (χ0n) is 23.3. The van der Waals surface area contributed by atoms with Crippen molar-refractivity contribution >= 4 is 63.5 Å². The molecular weight excluding hydrogens is 555 g/mol. The van der Waals surface area contributed by atoms with Crippen LogP contribution in [-0.2, 0) is 16.1 Å². The number of anilines is 2. The molecule has 0 radical (unpaired) electrons. The first-order chi connectivity index (χ1) is 19.9. The van der Waals surface area contributed by atoms with Gasteiger partial charge in [0, 0.05) is 24.2 Å². The molecule has 10 heteroatoms. The Bertz CT molecular complexity index is 1550. The minimum atomic E-state index is -0.568. The fourth-order valence-corrected chi connectivity index (χ4v) is 6.93. The summed E-state index contributed by atoms with van der Waals surface area (Å²) in [6, 6.07) is 25.5. The van der Waals surface area contributed by atoms with Crippen LogP contribution in [-0.4, -0.2) is 47.7 Å². The molecule has 0 spiro atoms.